The lowest BCUT2D eigenvalue weighted by molar-refractivity contribution is 0.0686. The third-order valence-electron chi connectivity index (χ3n) is 4.97. The lowest BCUT2D eigenvalue weighted by Gasteiger charge is -2.34. The van der Waals surface area contributed by atoms with Gasteiger partial charge in [0.15, 0.2) is 0 Å². The first-order valence-electron chi connectivity index (χ1n) is 8.80. The molecule has 1 unspecified atom stereocenters. The standard InChI is InChI=1S/C20H22BNO5/c1-12-8-13(2)19-16(9-12)18(6-7-27-19)22(3)20(24)14-4-5-17(21(25)26)15(10-14)11-23/h4-5,8-11,18,25-26H,6-7H2,1-3H3. The van der Waals surface area contributed by atoms with Gasteiger partial charge < -0.3 is 19.7 Å². The van der Waals surface area contributed by atoms with Gasteiger partial charge in [0.05, 0.1) is 12.6 Å². The van der Waals surface area contributed by atoms with Crippen molar-refractivity contribution in [1.29, 1.82) is 0 Å². The number of amides is 1. The zero-order valence-corrected chi connectivity index (χ0v) is 15.6. The Morgan fingerprint density at radius 1 is 1.26 bits per heavy atom. The van der Waals surface area contributed by atoms with Crippen molar-refractivity contribution in [1.82, 2.24) is 4.90 Å². The van der Waals surface area contributed by atoms with Gasteiger partial charge in [0.25, 0.3) is 5.91 Å². The number of carbonyl (C=O) groups is 2. The van der Waals surface area contributed by atoms with Gasteiger partial charge in [0, 0.05) is 30.2 Å². The molecule has 1 aliphatic rings. The number of hydrogen-bond acceptors (Lipinski definition) is 5. The summed E-state index contributed by atoms with van der Waals surface area (Å²) in [7, 11) is -0.0322. The molecule has 0 saturated heterocycles. The molecule has 1 atom stereocenters. The number of aldehydes is 1. The van der Waals surface area contributed by atoms with Crippen molar-refractivity contribution in [2.24, 2.45) is 0 Å². The van der Waals surface area contributed by atoms with Crippen molar-refractivity contribution in [2.45, 2.75) is 26.3 Å². The van der Waals surface area contributed by atoms with Crippen molar-refractivity contribution < 1.29 is 24.4 Å². The van der Waals surface area contributed by atoms with E-state index in [-0.39, 0.29) is 23.0 Å². The fourth-order valence-corrected chi connectivity index (χ4v) is 3.65. The third kappa shape index (κ3) is 3.61. The van der Waals surface area contributed by atoms with Crippen LogP contribution in [-0.2, 0) is 0 Å². The van der Waals surface area contributed by atoms with Crippen molar-refractivity contribution in [3.05, 3.63) is 58.1 Å². The minimum Gasteiger partial charge on any atom is -0.493 e. The Bertz CT molecular complexity index is 896. The Morgan fingerprint density at radius 3 is 2.67 bits per heavy atom. The maximum absolute atomic E-state index is 13.0. The molecule has 3 rings (SSSR count). The monoisotopic (exact) mass is 367 g/mol. The Balaban J connectivity index is 1.95. The van der Waals surface area contributed by atoms with Gasteiger partial charge in [-0.15, -0.1) is 0 Å². The fraction of sp³-hybridized carbons (Fsp3) is 0.300. The molecule has 0 saturated carbocycles. The highest BCUT2D eigenvalue weighted by molar-refractivity contribution is 6.60. The summed E-state index contributed by atoms with van der Waals surface area (Å²) < 4.78 is 5.81. The van der Waals surface area contributed by atoms with E-state index in [4.69, 9.17) is 4.74 Å². The highest BCUT2D eigenvalue weighted by atomic mass is 16.5. The molecule has 140 valence electrons. The van der Waals surface area contributed by atoms with Crippen LogP contribution in [0.1, 0.15) is 49.9 Å². The number of ether oxygens (including phenoxy) is 1. The van der Waals surface area contributed by atoms with E-state index in [1.165, 1.54) is 18.2 Å². The van der Waals surface area contributed by atoms with Gasteiger partial charge in [-0.2, -0.15) is 0 Å². The Morgan fingerprint density at radius 2 is 2.00 bits per heavy atom. The summed E-state index contributed by atoms with van der Waals surface area (Å²) in [6.07, 6.45) is 1.19. The minimum absolute atomic E-state index is 0.0758. The van der Waals surface area contributed by atoms with Crippen LogP contribution in [0.3, 0.4) is 0 Å². The number of fused-ring (bicyclic) bond motifs is 1. The lowest BCUT2D eigenvalue weighted by atomic mass is 9.76. The molecule has 0 fully saturated rings. The van der Waals surface area contributed by atoms with E-state index in [1.807, 2.05) is 19.9 Å². The molecule has 7 heteroatoms. The van der Waals surface area contributed by atoms with Crippen LogP contribution in [0.5, 0.6) is 5.75 Å². The molecule has 2 aromatic rings. The zero-order chi connectivity index (χ0) is 19.7. The molecule has 1 amide bonds. The molecule has 0 aromatic heterocycles. The van der Waals surface area contributed by atoms with E-state index in [0.717, 1.165) is 22.4 Å². The van der Waals surface area contributed by atoms with E-state index in [1.54, 1.807) is 11.9 Å². The van der Waals surface area contributed by atoms with Crippen LogP contribution in [0.4, 0.5) is 0 Å². The molecule has 0 radical (unpaired) electrons. The average Bonchev–Trinajstić information content (AvgIpc) is 2.65. The predicted molar refractivity (Wildman–Crippen MR) is 103 cm³/mol. The van der Waals surface area contributed by atoms with Crippen LogP contribution >= 0.6 is 0 Å². The van der Waals surface area contributed by atoms with Gasteiger partial charge in [-0.1, -0.05) is 23.8 Å². The summed E-state index contributed by atoms with van der Waals surface area (Å²) in [5.41, 5.74) is 3.61. The first-order chi connectivity index (χ1) is 12.8. The number of benzene rings is 2. The summed E-state index contributed by atoms with van der Waals surface area (Å²) in [6, 6.07) is 8.24. The molecule has 1 aliphatic heterocycles. The number of hydrogen-bond donors (Lipinski definition) is 2. The second kappa shape index (κ2) is 7.54. The smallest absolute Gasteiger partial charge is 0.489 e. The maximum Gasteiger partial charge on any atom is 0.489 e. The quantitative estimate of drug-likeness (QED) is 0.630. The second-order valence-electron chi connectivity index (χ2n) is 6.90. The van der Waals surface area contributed by atoms with Crippen molar-refractivity contribution >= 4 is 24.8 Å². The summed E-state index contributed by atoms with van der Waals surface area (Å²) in [4.78, 5) is 25.9. The third-order valence-corrected chi connectivity index (χ3v) is 4.97. The van der Waals surface area contributed by atoms with E-state index in [0.29, 0.717) is 24.9 Å². The molecule has 0 aliphatic carbocycles. The molecule has 0 bridgehead atoms. The van der Waals surface area contributed by atoms with Crippen LogP contribution in [0.2, 0.25) is 0 Å². The number of aryl methyl sites for hydroxylation is 2. The lowest BCUT2D eigenvalue weighted by Crippen LogP contribution is -2.36. The van der Waals surface area contributed by atoms with Crippen LogP contribution in [0, 0.1) is 13.8 Å². The summed E-state index contributed by atoms with van der Waals surface area (Å²) >= 11 is 0. The Labute approximate surface area is 158 Å². The van der Waals surface area contributed by atoms with Gasteiger partial charge in [0.1, 0.15) is 12.0 Å². The topological polar surface area (TPSA) is 87.1 Å². The fourth-order valence-electron chi connectivity index (χ4n) is 3.65. The van der Waals surface area contributed by atoms with Gasteiger partial charge in [-0.25, -0.2) is 0 Å². The van der Waals surface area contributed by atoms with E-state index >= 15 is 0 Å². The van der Waals surface area contributed by atoms with Crippen LogP contribution in [0.25, 0.3) is 0 Å². The molecular formula is C20H22BNO5. The summed E-state index contributed by atoms with van der Waals surface area (Å²) in [6.45, 7) is 4.52. The zero-order valence-electron chi connectivity index (χ0n) is 15.6. The highest BCUT2D eigenvalue weighted by Gasteiger charge is 2.30. The SMILES string of the molecule is Cc1cc(C)c2c(c1)C(N(C)C(=O)c1ccc(B(O)O)c(C=O)c1)CCO2. The first kappa shape index (κ1) is 19.1. The first-order valence-corrected chi connectivity index (χ1v) is 8.80. The van der Waals surface area contributed by atoms with Gasteiger partial charge >= 0.3 is 7.12 Å². The summed E-state index contributed by atoms with van der Waals surface area (Å²) in [5, 5.41) is 18.7. The van der Waals surface area contributed by atoms with Crippen molar-refractivity contribution in [3.63, 3.8) is 0 Å². The van der Waals surface area contributed by atoms with Crippen molar-refractivity contribution in [2.75, 3.05) is 13.7 Å². The summed E-state index contributed by atoms with van der Waals surface area (Å²) in [5.74, 6) is 0.581. The maximum atomic E-state index is 13.0. The number of carbonyl (C=O) groups excluding carboxylic acids is 2. The van der Waals surface area contributed by atoms with Crippen LogP contribution in [-0.4, -0.2) is 47.9 Å². The number of rotatable bonds is 4. The van der Waals surface area contributed by atoms with Gasteiger partial charge in [0.2, 0.25) is 0 Å². The van der Waals surface area contributed by atoms with Crippen LogP contribution in [0.15, 0.2) is 30.3 Å². The number of nitrogens with zero attached hydrogens (tertiary/aromatic N) is 1. The molecule has 27 heavy (non-hydrogen) atoms. The second-order valence-corrected chi connectivity index (χ2v) is 6.90. The Hall–Kier alpha value is -2.64. The Kier molecular flexibility index (Phi) is 5.35. The average molecular weight is 367 g/mol. The molecule has 1 heterocycles. The normalized spacial score (nSPS) is 15.5. The molecule has 2 aromatic carbocycles. The molecule has 6 nitrogen and oxygen atoms in total. The van der Waals surface area contributed by atoms with E-state index in [9.17, 15) is 19.6 Å². The molecule has 2 N–H and O–H groups in total. The predicted octanol–water partition coefficient (Wildman–Crippen LogP) is 1.39. The van der Waals surface area contributed by atoms with Crippen LogP contribution < -0.4 is 10.2 Å². The largest absolute Gasteiger partial charge is 0.493 e. The van der Waals surface area contributed by atoms with Crippen molar-refractivity contribution in [3.8, 4) is 5.75 Å². The van der Waals surface area contributed by atoms with Gasteiger partial charge in [-0.3, -0.25) is 9.59 Å². The van der Waals surface area contributed by atoms with Gasteiger partial charge in [-0.05, 0) is 37.0 Å². The van der Waals surface area contributed by atoms with E-state index in [2.05, 4.69) is 6.07 Å². The molecule has 0 spiro atoms. The highest BCUT2D eigenvalue weighted by Crippen LogP contribution is 2.38. The van der Waals surface area contributed by atoms with E-state index < -0.39 is 7.12 Å². The minimum atomic E-state index is -1.76. The molecular weight excluding hydrogens is 345 g/mol.